The number of nitriles is 1. The minimum absolute atomic E-state index is 0.331. The van der Waals surface area contributed by atoms with E-state index >= 15 is 0 Å². The molecule has 0 aromatic carbocycles. The van der Waals surface area contributed by atoms with Gasteiger partial charge in [-0.3, -0.25) is 0 Å². The average Bonchev–Trinajstić information content (AvgIpc) is 1.41. The van der Waals surface area contributed by atoms with Crippen LogP contribution in [0.4, 0.5) is 0 Å². The van der Waals surface area contributed by atoms with Gasteiger partial charge in [0.05, 0.1) is 0 Å². The van der Waals surface area contributed by atoms with Crippen molar-refractivity contribution in [1.29, 1.82) is 5.26 Å². The van der Waals surface area contributed by atoms with Crippen LogP contribution in [0.3, 0.4) is 0 Å². The van der Waals surface area contributed by atoms with Crippen LogP contribution in [-0.4, -0.2) is 0 Å². The zero-order valence-corrected chi connectivity index (χ0v) is 3.20. The fourth-order valence-corrected chi connectivity index (χ4v) is 0.0612. The normalized spacial score (nSPS) is 3.80. The Bertz CT molecular complexity index is 137. The molecule has 24 valence electrons. The molecule has 0 bridgehead atoms. The van der Waals surface area contributed by atoms with Crippen LogP contribution in [0.1, 0.15) is 0 Å². The second kappa shape index (κ2) is 3.50. The van der Waals surface area contributed by atoms with Crippen molar-refractivity contribution in [3.63, 3.8) is 0 Å². The molecule has 5 heavy (non-hydrogen) atoms. The maximum absolute atomic E-state index is 9.17. The van der Waals surface area contributed by atoms with Gasteiger partial charge in [-0.15, -0.1) is 0 Å². The summed E-state index contributed by atoms with van der Waals surface area (Å²) in [4.78, 5) is 0. The van der Waals surface area contributed by atoms with E-state index in [-0.39, 0.29) is 7.92 Å². The van der Waals surface area contributed by atoms with Crippen LogP contribution < -0.4 is 0 Å². The van der Waals surface area contributed by atoms with E-state index in [0.29, 0.717) is 0 Å². The number of hydrogen-bond donors (Lipinski definition) is 0. The molecular formula is C2NOP. The van der Waals surface area contributed by atoms with Crippen LogP contribution in [0.15, 0.2) is 0 Å². The van der Waals surface area contributed by atoms with Crippen LogP contribution >= 0.6 is 7.92 Å². The van der Waals surface area contributed by atoms with E-state index in [0.717, 1.165) is 0 Å². The molecule has 0 saturated heterocycles. The predicted octanol–water partition coefficient (Wildman–Crippen LogP) is 0.761. The fraction of sp³-hybridized carbons (Fsp3) is 0. The van der Waals surface area contributed by atoms with Gasteiger partial charge in [-0.2, -0.15) is 0 Å². The number of rotatable bonds is 0. The second-order valence-corrected chi connectivity index (χ2v) is 0.721. The van der Waals surface area contributed by atoms with Gasteiger partial charge in [-0.1, -0.05) is 0 Å². The van der Waals surface area contributed by atoms with Gasteiger partial charge in [0.2, 0.25) is 0 Å². The van der Waals surface area contributed by atoms with Crippen molar-refractivity contribution in [2.24, 2.45) is 0 Å². The molecule has 0 heterocycles. The van der Waals surface area contributed by atoms with Gasteiger partial charge >= 0.3 is 29.4 Å². The van der Waals surface area contributed by atoms with Crippen LogP contribution in [0.25, 0.3) is 0 Å². The van der Waals surface area contributed by atoms with E-state index in [1.165, 1.54) is 6.07 Å². The molecular weight excluding hydrogens is 85.0 g/mol. The van der Waals surface area contributed by atoms with E-state index in [2.05, 4.69) is 0 Å². The first-order valence-electron chi connectivity index (χ1n) is 0.880. The summed E-state index contributed by atoms with van der Waals surface area (Å²) < 4.78 is 9.17. The third-order valence-electron chi connectivity index (χ3n) is 0.0956. The molecule has 0 aliphatic heterocycles. The molecule has 0 aromatic heterocycles. The second-order valence-electron chi connectivity index (χ2n) is 0.315. The SMILES string of the molecule is N#CC#P=O. The van der Waals surface area contributed by atoms with E-state index in [4.69, 9.17) is 9.83 Å². The zero-order chi connectivity index (χ0) is 4.12. The van der Waals surface area contributed by atoms with E-state index in [1.54, 1.807) is 0 Å². The van der Waals surface area contributed by atoms with Crippen LogP contribution in [0.5, 0.6) is 0 Å². The average molecular weight is 85.0 g/mol. The van der Waals surface area contributed by atoms with Gasteiger partial charge in [0.1, 0.15) is 0 Å². The van der Waals surface area contributed by atoms with Crippen molar-refractivity contribution in [3.05, 3.63) is 0 Å². The summed E-state index contributed by atoms with van der Waals surface area (Å²) in [6.45, 7) is 0. The Hall–Kier alpha value is -0.500. The maximum atomic E-state index is 9.17. The molecule has 0 aliphatic carbocycles. The molecule has 0 aromatic rings. The van der Waals surface area contributed by atoms with E-state index in [1.807, 2.05) is 5.63 Å². The molecule has 0 spiro atoms. The van der Waals surface area contributed by atoms with Gasteiger partial charge in [0, 0.05) is 0 Å². The quantitative estimate of drug-likeness (QED) is 0.407. The van der Waals surface area contributed by atoms with Gasteiger partial charge in [-0.05, 0) is 0 Å². The molecule has 0 unspecified atom stereocenters. The van der Waals surface area contributed by atoms with Crippen molar-refractivity contribution in [1.82, 2.24) is 0 Å². The summed E-state index contributed by atoms with van der Waals surface area (Å²) in [5.41, 5.74) is 1.83. The first-order chi connectivity index (χ1) is 2.41. The summed E-state index contributed by atoms with van der Waals surface area (Å²) in [5, 5.41) is 7.50. The summed E-state index contributed by atoms with van der Waals surface area (Å²) in [7, 11) is -0.331. The summed E-state index contributed by atoms with van der Waals surface area (Å²) in [6, 6.07) is 1.44. The summed E-state index contributed by atoms with van der Waals surface area (Å²) in [5.74, 6) is 0. The van der Waals surface area contributed by atoms with E-state index < -0.39 is 0 Å². The topological polar surface area (TPSA) is 40.9 Å². The van der Waals surface area contributed by atoms with Crippen molar-refractivity contribution in [2.45, 2.75) is 0 Å². The van der Waals surface area contributed by atoms with Crippen molar-refractivity contribution >= 4 is 7.92 Å². The van der Waals surface area contributed by atoms with Gasteiger partial charge in [-0.25, -0.2) is 0 Å². The molecule has 0 fully saturated rings. The minimum atomic E-state index is -0.331. The first kappa shape index (κ1) is 4.50. The number of nitrogens with zero attached hydrogens (tertiary/aromatic N) is 1. The van der Waals surface area contributed by atoms with Crippen LogP contribution in [0, 0.1) is 17.0 Å². The Labute approximate surface area is 30.5 Å². The third-order valence-corrected chi connectivity index (χ3v) is 0.287. The molecule has 0 atom stereocenters. The predicted molar refractivity (Wildman–Crippen MR) is 17.1 cm³/mol. The molecule has 0 rings (SSSR count). The summed E-state index contributed by atoms with van der Waals surface area (Å²) >= 11 is 0. The zero-order valence-electron chi connectivity index (χ0n) is 2.30. The third kappa shape index (κ3) is 3.50. The van der Waals surface area contributed by atoms with Crippen LogP contribution in [-0.2, 0) is 4.57 Å². The van der Waals surface area contributed by atoms with Gasteiger partial charge in [0.25, 0.3) is 0 Å². The monoisotopic (exact) mass is 85.0 g/mol. The Kier molecular flexibility index (Phi) is 3.15. The standard InChI is InChI=1S/C2NOP/c3-1-2-5-4. The Morgan fingerprint density at radius 1 is 1.80 bits per heavy atom. The fourth-order valence-electron chi connectivity index (χ4n) is 0.0204. The van der Waals surface area contributed by atoms with Gasteiger partial charge in [0.15, 0.2) is 0 Å². The van der Waals surface area contributed by atoms with Crippen LogP contribution in [0.2, 0.25) is 0 Å². The van der Waals surface area contributed by atoms with Crippen molar-refractivity contribution in [2.75, 3.05) is 0 Å². The molecule has 0 N–H and O–H groups in total. The Morgan fingerprint density at radius 2 is 2.40 bits per heavy atom. The Morgan fingerprint density at radius 3 is 2.40 bits per heavy atom. The molecule has 0 amide bonds. The van der Waals surface area contributed by atoms with Crippen molar-refractivity contribution < 1.29 is 4.57 Å². The van der Waals surface area contributed by atoms with E-state index in [9.17, 15) is 0 Å². The number of hydrogen-bond acceptors (Lipinski definition) is 2. The van der Waals surface area contributed by atoms with Gasteiger partial charge < -0.3 is 0 Å². The van der Waals surface area contributed by atoms with Crippen molar-refractivity contribution in [3.8, 4) is 11.7 Å². The molecule has 0 aliphatic rings. The molecule has 0 radical (unpaired) electrons. The summed E-state index contributed by atoms with van der Waals surface area (Å²) in [6.07, 6.45) is 0. The molecule has 0 saturated carbocycles. The first-order valence-corrected chi connectivity index (χ1v) is 1.69. The molecule has 3 heteroatoms. The Balaban J connectivity index is 3.79. The molecule has 2 nitrogen and oxygen atoms in total.